The number of aliphatic hydroxyl groups is 1. The molecule has 1 N–H and O–H groups in total. The van der Waals surface area contributed by atoms with Crippen molar-refractivity contribution < 1.29 is 28.6 Å². The van der Waals surface area contributed by atoms with Crippen LogP contribution in [0, 0.1) is 29.5 Å². The second-order valence-electron chi connectivity index (χ2n) is 10.1. The summed E-state index contributed by atoms with van der Waals surface area (Å²) in [6.45, 7) is 5.37. The van der Waals surface area contributed by atoms with Gasteiger partial charge in [0.2, 0.25) is 11.8 Å². The maximum atomic E-state index is 13.6. The third-order valence-corrected chi connectivity index (χ3v) is 7.10. The molecule has 0 saturated carbocycles. The molecule has 1 fully saturated rings. The largest absolute Gasteiger partial charge is 0.472 e. The van der Waals surface area contributed by atoms with Crippen LogP contribution in [0.2, 0.25) is 0 Å². The Morgan fingerprint density at radius 1 is 1.26 bits per heavy atom. The standard InChI is InChI=1S/C29H34FN3O5/c1-19-16-33(20(2)18-34)29(36)25-14-22(8-7-21-5-4-6-24(30)13-21)15-31-27(25)38-26(19)17-32(3)28(35)23-9-11-37-12-10-23/h4-6,13-15,19-20,23,26,34H,9-12,16-18H2,1-3H3/t19-,20+,26+/m0/s1. The Balaban J connectivity index is 1.62. The molecule has 0 aliphatic carbocycles. The van der Waals surface area contributed by atoms with Gasteiger partial charge in [-0.15, -0.1) is 0 Å². The van der Waals surface area contributed by atoms with Gasteiger partial charge in [-0.05, 0) is 44.0 Å². The summed E-state index contributed by atoms with van der Waals surface area (Å²) < 4.78 is 25.2. The van der Waals surface area contributed by atoms with Gasteiger partial charge < -0.3 is 24.4 Å². The number of pyridine rings is 1. The van der Waals surface area contributed by atoms with E-state index in [2.05, 4.69) is 16.8 Å². The van der Waals surface area contributed by atoms with E-state index < -0.39 is 12.1 Å². The Morgan fingerprint density at radius 2 is 2.00 bits per heavy atom. The van der Waals surface area contributed by atoms with E-state index in [1.165, 1.54) is 18.3 Å². The molecule has 2 aliphatic rings. The number of carbonyl (C=O) groups is 2. The fraction of sp³-hybridized carbons (Fsp3) is 0.483. The first-order valence-electron chi connectivity index (χ1n) is 13.0. The molecule has 38 heavy (non-hydrogen) atoms. The Kier molecular flexibility index (Phi) is 8.97. The van der Waals surface area contributed by atoms with Gasteiger partial charge in [0.1, 0.15) is 17.5 Å². The Bertz CT molecular complexity index is 1220. The molecule has 2 amide bonds. The number of hydrogen-bond donors (Lipinski definition) is 1. The number of likely N-dealkylation sites (N-methyl/N-ethyl adjacent to an activating group) is 1. The fourth-order valence-electron chi connectivity index (χ4n) is 4.72. The third-order valence-electron chi connectivity index (χ3n) is 7.10. The molecule has 4 rings (SSSR count). The summed E-state index contributed by atoms with van der Waals surface area (Å²) in [5.74, 6) is 5.13. The number of hydrogen-bond acceptors (Lipinski definition) is 6. The van der Waals surface area contributed by atoms with Crippen LogP contribution < -0.4 is 4.74 Å². The SMILES string of the molecule is C[C@H](CO)N1C[C@H](C)[C@@H](CN(C)C(=O)C2CCOCC2)Oc2ncc(C#Cc3cccc(F)c3)cc2C1=O. The van der Waals surface area contributed by atoms with Gasteiger partial charge in [-0.25, -0.2) is 9.37 Å². The predicted molar refractivity (Wildman–Crippen MR) is 139 cm³/mol. The number of rotatable bonds is 5. The summed E-state index contributed by atoms with van der Waals surface area (Å²) in [5.41, 5.74) is 1.20. The van der Waals surface area contributed by atoms with Crippen LogP contribution in [0.4, 0.5) is 4.39 Å². The third kappa shape index (κ3) is 6.50. The zero-order valence-electron chi connectivity index (χ0n) is 22.0. The lowest BCUT2D eigenvalue weighted by molar-refractivity contribution is -0.138. The second kappa shape index (κ2) is 12.4. The molecular formula is C29H34FN3O5. The highest BCUT2D eigenvalue weighted by atomic mass is 19.1. The summed E-state index contributed by atoms with van der Waals surface area (Å²) in [5, 5.41) is 9.86. The van der Waals surface area contributed by atoms with Crippen LogP contribution in [-0.2, 0) is 9.53 Å². The summed E-state index contributed by atoms with van der Waals surface area (Å²) >= 11 is 0. The van der Waals surface area contributed by atoms with Crippen molar-refractivity contribution in [2.24, 2.45) is 11.8 Å². The number of benzene rings is 1. The van der Waals surface area contributed by atoms with E-state index in [4.69, 9.17) is 9.47 Å². The van der Waals surface area contributed by atoms with Crippen molar-refractivity contribution in [1.29, 1.82) is 0 Å². The van der Waals surface area contributed by atoms with Crippen LogP contribution in [0.25, 0.3) is 0 Å². The van der Waals surface area contributed by atoms with Gasteiger partial charge in [0.15, 0.2) is 0 Å². The summed E-state index contributed by atoms with van der Waals surface area (Å²) in [4.78, 5) is 34.4. The minimum absolute atomic E-state index is 0.0546. The molecule has 1 aromatic carbocycles. The molecule has 0 unspecified atom stereocenters. The first kappa shape index (κ1) is 27.6. The van der Waals surface area contributed by atoms with Gasteiger partial charge in [0, 0.05) is 56.0 Å². The molecule has 3 atom stereocenters. The van der Waals surface area contributed by atoms with E-state index in [9.17, 15) is 19.1 Å². The first-order valence-corrected chi connectivity index (χ1v) is 13.0. The van der Waals surface area contributed by atoms with E-state index in [1.807, 2.05) is 6.92 Å². The monoisotopic (exact) mass is 523 g/mol. The molecule has 1 aromatic heterocycles. The minimum Gasteiger partial charge on any atom is -0.472 e. The number of amides is 2. The highest BCUT2D eigenvalue weighted by Crippen LogP contribution is 2.28. The Morgan fingerprint density at radius 3 is 2.71 bits per heavy atom. The number of nitrogens with zero attached hydrogens (tertiary/aromatic N) is 3. The zero-order valence-corrected chi connectivity index (χ0v) is 22.0. The Hall–Kier alpha value is -3.48. The molecule has 3 heterocycles. The number of aliphatic hydroxyl groups excluding tert-OH is 1. The van der Waals surface area contributed by atoms with Gasteiger partial charge in [-0.1, -0.05) is 24.8 Å². The number of carbonyl (C=O) groups excluding carboxylic acids is 2. The van der Waals surface area contributed by atoms with Crippen molar-refractivity contribution in [2.75, 3.05) is 40.0 Å². The molecule has 202 valence electrons. The smallest absolute Gasteiger partial charge is 0.259 e. The van der Waals surface area contributed by atoms with Crippen molar-refractivity contribution in [2.45, 2.75) is 38.8 Å². The average molecular weight is 524 g/mol. The molecule has 2 aromatic rings. The minimum atomic E-state index is -0.430. The molecular weight excluding hydrogens is 489 g/mol. The van der Waals surface area contributed by atoms with Crippen molar-refractivity contribution >= 4 is 11.8 Å². The maximum absolute atomic E-state index is 13.6. The molecule has 0 bridgehead atoms. The first-order chi connectivity index (χ1) is 18.3. The van der Waals surface area contributed by atoms with Crippen molar-refractivity contribution in [1.82, 2.24) is 14.8 Å². The van der Waals surface area contributed by atoms with E-state index in [-0.39, 0.29) is 47.5 Å². The van der Waals surface area contributed by atoms with Gasteiger partial charge in [-0.3, -0.25) is 9.59 Å². The molecule has 9 heteroatoms. The van der Waals surface area contributed by atoms with Crippen molar-refractivity contribution in [3.8, 4) is 17.7 Å². The van der Waals surface area contributed by atoms with Crippen LogP contribution in [0.5, 0.6) is 5.88 Å². The summed E-state index contributed by atoms with van der Waals surface area (Å²) in [6, 6.07) is 7.13. The van der Waals surface area contributed by atoms with Crippen molar-refractivity contribution in [3.63, 3.8) is 0 Å². The predicted octanol–water partition coefficient (Wildman–Crippen LogP) is 2.73. The topological polar surface area (TPSA) is 92.2 Å². The van der Waals surface area contributed by atoms with Gasteiger partial charge in [-0.2, -0.15) is 0 Å². The van der Waals surface area contributed by atoms with Crippen molar-refractivity contribution in [3.05, 3.63) is 59.0 Å². The normalized spacial score (nSPS) is 20.8. The zero-order chi connectivity index (χ0) is 27.2. The lowest BCUT2D eigenvalue weighted by atomic mass is 9.97. The lowest BCUT2D eigenvalue weighted by Gasteiger charge is -2.38. The molecule has 0 spiro atoms. The molecule has 8 nitrogen and oxygen atoms in total. The van der Waals surface area contributed by atoms with Crippen LogP contribution in [0.15, 0.2) is 36.5 Å². The van der Waals surface area contributed by atoms with E-state index in [0.717, 1.165) is 0 Å². The quantitative estimate of drug-likeness (QED) is 0.606. The van der Waals surface area contributed by atoms with Crippen LogP contribution >= 0.6 is 0 Å². The lowest BCUT2D eigenvalue weighted by Crippen LogP contribution is -2.51. The maximum Gasteiger partial charge on any atom is 0.259 e. The number of halogens is 1. The van der Waals surface area contributed by atoms with Gasteiger partial charge >= 0.3 is 0 Å². The van der Waals surface area contributed by atoms with E-state index in [1.54, 1.807) is 42.0 Å². The fourth-order valence-corrected chi connectivity index (χ4v) is 4.72. The number of ether oxygens (including phenoxy) is 2. The van der Waals surface area contributed by atoms with Crippen LogP contribution in [0.1, 0.15) is 48.2 Å². The molecule has 1 saturated heterocycles. The Labute approximate surface area is 222 Å². The highest BCUT2D eigenvalue weighted by molar-refractivity contribution is 5.97. The molecule has 0 radical (unpaired) electrons. The summed E-state index contributed by atoms with van der Waals surface area (Å²) in [6.07, 6.45) is 2.48. The molecule has 2 aliphatic heterocycles. The average Bonchev–Trinajstić information content (AvgIpc) is 2.93. The van der Waals surface area contributed by atoms with Crippen LogP contribution in [-0.4, -0.2) is 83.8 Å². The second-order valence-corrected chi connectivity index (χ2v) is 10.1. The number of aromatic nitrogens is 1. The van der Waals surface area contributed by atoms with Crippen LogP contribution in [0.3, 0.4) is 0 Å². The van der Waals surface area contributed by atoms with Gasteiger partial charge in [0.25, 0.3) is 5.91 Å². The highest BCUT2D eigenvalue weighted by Gasteiger charge is 2.35. The number of fused-ring (bicyclic) bond motifs is 1. The van der Waals surface area contributed by atoms with Gasteiger partial charge in [0.05, 0.1) is 19.2 Å². The summed E-state index contributed by atoms with van der Waals surface area (Å²) in [7, 11) is 1.77. The van der Waals surface area contributed by atoms with E-state index in [0.29, 0.717) is 50.3 Å². The van der Waals surface area contributed by atoms with E-state index >= 15 is 0 Å².